The lowest BCUT2D eigenvalue weighted by Gasteiger charge is -2.21. The van der Waals surface area contributed by atoms with E-state index in [0.29, 0.717) is 12.3 Å². The topological polar surface area (TPSA) is 46.3 Å². The van der Waals surface area contributed by atoms with E-state index >= 15 is 0 Å². The zero-order valence-corrected chi connectivity index (χ0v) is 10.6. The summed E-state index contributed by atoms with van der Waals surface area (Å²) in [6, 6.07) is 5.75. The van der Waals surface area contributed by atoms with Crippen molar-refractivity contribution in [1.29, 1.82) is 0 Å². The van der Waals surface area contributed by atoms with Gasteiger partial charge in [0.15, 0.2) is 0 Å². The van der Waals surface area contributed by atoms with E-state index in [-0.39, 0.29) is 5.91 Å². The van der Waals surface area contributed by atoms with Crippen molar-refractivity contribution in [2.24, 2.45) is 5.92 Å². The molecule has 1 aromatic carbocycles. The number of carbonyl (C=O) groups excluding carboxylic acids is 1. The quantitative estimate of drug-likeness (QED) is 0.811. The number of benzene rings is 1. The van der Waals surface area contributed by atoms with Gasteiger partial charge in [0.05, 0.1) is 6.42 Å². The van der Waals surface area contributed by atoms with Crippen molar-refractivity contribution in [1.82, 2.24) is 0 Å². The van der Waals surface area contributed by atoms with Crippen LogP contribution < -0.4 is 10.6 Å². The second kappa shape index (κ2) is 4.78. The summed E-state index contributed by atoms with van der Waals surface area (Å²) in [4.78, 5) is 13.9. The van der Waals surface area contributed by atoms with Crippen LogP contribution in [0.25, 0.3) is 0 Å². The molecular formula is C14H20N2O. The number of rotatable bonds is 4. The van der Waals surface area contributed by atoms with Crippen molar-refractivity contribution in [2.45, 2.75) is 33.1 Å². The number of nitrogens with two attached hydrogens (primary N) is 1. The minimum Gasteiger partial charge on any atom is -0.399 e. The van der Waals surface area contributed by atoms with Gasteiger partial charge in [-0.25, -0.2) is 0 Å². The maximum Gasteiger partial charge on any atom is 0.231 e. The number of fused-ring (bicyclic) bond motifs is 1. The van der Waals surface area contributed by atoms with Gasteiger partial charge in [-0.1, -0.05) is 20.3 Å². The zero-order chi connectivity index (χ0) is 12.4. The summed E-state index contributed by atoms with van der Waals surface area (Å²) < 4.78 is 0. The van der Waals surface area contributed by atoms with E-state index in [9.17, 15) is 4.79 Å². The summed E-state index contributed by atoms with van der Waals surface area (Å²) in [5.74, 6) is 0.751. The summed E-state index contributed by atoms with van der Waals surface area (Å²) in [5.41, 5.74) is 8.59. The normalized spacial score (nSPS) is 16.1. The number of anilines is 2. The Morgan fingerprint density at radius 2 is 2.24 bits per heavy atom. The third kappa shape index (κ3) is 2.43. The van der Waals surface area contributed by atoms with Gasteiger partial charge in [-0.15, -0.1) is 0 Å². The van der Waals surface area contributed by atoms with Crippen molar-refractivity contribution >= 4 is 17.3 Å². The van der Waals surface area contributed by atoms with E-state index < -0.39 is 0 Å². The third-order valence-corrected chi connectivity index (χ3v) is 3.31. The number of carbonyl (C=O) groups is 1. The number of hydrogen-bond acceptors (Lipinski definition) is 2. The molecule has 92 valence electrons. The second-order valence-corrected chi connectivity index (χ2v) is 4.96. The van der Waals surface area contributed by atoms with Crippen LogP contribution in [-0.4, -0.2) is 12.5 Å². The van der Waals surface area contributed by atoms with Crippen molar-refractivity contribution < 1.29 is 4.79 Å². The van der Waals surface area contributed by atoms with Gasteiger partial charge >= 0.3 is 0 Å². The lowest BCUT2D eigenvalue weighted by molar-refractivity contribution is -0.117. The van der Waals surface area contributed by atoms with Crippen molar-refractivity contribution in [3.63, 3.8) is 0 Å². The highest BCUT2D eigenvalue weighted by molar-refractivity contribution is 6.01. The Bertz CT molecular complexity index is 428. The Hall–Kier alpha value is -1.51. The van der Waals surface area contributed by atoms with Gasteiger partial charge in [0.2, 0.25) is 5.91 Å². The molecule has 1 unspecified atom stereocenters. The van der Waals surface area contributed by atoms with Gasteiger partial charge in [-0.3, -0.25) is 4.79 Å². The molecule has 0 aromatic heterocycles. The van der Waals surface area contributed by atoms with Crippen molar-refractivity contribution in [2.75, 3.05) is 17.2 Å². The van der Waals surface area contributed by atoms with E-state index in [4.69, 9.17) is 5.73 Å². The summed E-state index contributed by atoms with van der Waals surface area (Å²) >= 11 is 0. The molecule has 0 aliphatic carbocycles. The molecule has 0 saturated carbocycles. The van der Waals surface area contributed by atoms with Crippen LogP contribution in [-0.2, 0) is 11.2 Å². The molecule has 2 rings (SSSR count). The number of amides is 1. The van der Waals surface area contributed by atoms with Crippen LogP contribution in [0.15, 0.2) is 18.2 Å². The minimum absolute atomic E-state index is 0.202. The second-order valence-electron chi connectivity index (χ2n) is 4.96. The van der Waals surface area contributed by atoms with Gasteiger partial charge in [0, 0.05) is 17.9 Å². The highest BCUT2D eigenvalue weighted by Gasteiger charge is 2.27. The van der Waals surface area contributed by atoms with Crippen LogP contribution in [0, 0.1) is 5.92 Å². The molecule has 17 heavy (non-hydrogen) atoms. The Labute approximate surface area is 103 Å². The Balaban J connectivity index is 2.17. The molecule has 0 bridgehead atoms. The van der Waals surface area contributed by atoms with E-state index in [1.165, 1.54) is 0 Å². The van der Waals surface area contributed by atoms with Crippen molar-refractivity contribution in [3.8, 4) is 0 Å². The molecule has 3 heteroatoms. The molecular weight excluding hydrogens is 212 g/mol. The highest BCUT2D eigenvalue weighted by atomic mass is 16.2. The molecule has 1 aromatic rings. The fourth-order valence-electron chi connectivity index (χ4n) is 2.50. The molecule has 0 saturated heterocycles. The first-order valence-electron chi connectivity index (χ1n) is 6.30. The Morgan fingerprint density at radius 3 is 2.94 bits per heavy atom. The summed E-state index contributed by atoms with van der Waals surface area (Å²) in [5, 5.41) is 0. The van der Waals surface area contributed by atoms with Crippen LogP contribution in [0.1, 0.15) is 32.3 Å². The van der Waals surface area contributed by atoms with E-state index in [0.717, 1.165) is 36.3 Å². The Kier molecular flexibility index (Phi) is 3.36. The number of nitrogens with zero attached hydrogens (tertiary/aromatic N) is 1. The molecule has 0 radical (unpaired) electrons. The number of hydrogen-bond donors (Lipinski definition) is 1. The SMILES string of the molecule is CCCC(C)CN1C(=O)Cc2cc(N)ccc21. The smallest absolute Gasteiger partial charge is 0.231 e. The fourth-order valence-corrected chi connectivity index (χ4v) is 2.50. The maximum atomic E-state index is 12.0. The first-order valence-corrected chi connectivity index (χ1v) is 6.30. The molecule has 0 fully saturated rings. The van der Waals surface area contributed by atoms with E-state index in [1.54, 1.807) is 0 Å². The Morgan fingerprint density at radius 1 is 1.47 bits per heavy atom. The maximum absolute atomic E-state index is 12.0. The van der Waals surface area contributed by atoms with Crippen LogP contribution in [0.3, 0.4) is 0 Å². The molecule has 1 aliphatic heterocycles. The summed E-state index contributed by atoms with van der Waals surface area (Å²) in [6.07, 6.45) is 2.82. The first kappa shape index (κ1) is 12.0. The van der Waals surface area contributed by atoms with E-state index in [1.807, 2.05) is 23.1 Å². The van der Waals surface area contributed by atoms with Crippen LogP contribution >= 0.6 is 0 Å². The number of nitrogen functional groups attached to an aromatic ring is 1. The molecule has 1 atom stereocenters. The molecule has 1 amide bonds. The average molecular weight is 232 g/mol. The van der Waals surface area contributed by atoms with Crippen LogP contribution in [0.4, 0.5) is 11.4 Å². The fraction of sp³-hybridized carbons (Fsp3) is 0.500. The first-order chi connectivity index (χ1) is 8.11. The summed E-state index contributed by atoms with van der Waals surface area (Å²) in [6.45, 7) is 5.20. The predicted molar refractivity (Wildman–Crippen MR) is 71.0 cm³/mol. The molecule has 3 nitrogen and oxygen atoms in total. The predicted octanol–water partition coefficient (Wildman–Crippen LogP) is 2.59. The lowest BCUT2D eigenvalue weighted by atomic mass is 10.1. The van der Waals surface area contributed by atoms with Gasteiger partial charge in [-0.2, -0.15) is 0 Å². The average Bonchev–Trinajstić information content (AvgIpc) is 2.55. The molecule has 2 N–H and O–H groups in total. The highest BCUT2D eigenvalue weighted by Crippen LogP contribution is 2.31. The zero-order valence-electron chi connectivity index (χ0n) is 10.6. The van der Waals surface area contributed by atoms with Crippen LogP contribution in [0.2, 0.25) is 0 Å². The van der Waals surface area contributed by atoms with Gasteiger partial charge in [-0.05, 0) is 36.1 Å². The minimum atomic E-state index is 0.202. The monoisotopic (exact) mass is 232 g/mol. The molecule has 1 aliphatic rings. The largest absolute Gasteiger partial charge is 0.399 e. The lowest BCUT2D eigenvalue weighted by Crippen LogP contribution is -2.31. The van der Waals surface area contributed by atoms with Gasteiger partial charge in [0.25, 0.3) is 0 Å². The molecule has 0 spiro atoms. The van der Waals surface area contributed by atoms with Gasteiger partial charge < -0.3 is 10.6 Å². The summed E-state index contributed by atoms with van der Waals surface area (Å²) in [7, 11) is 0. The van der Waals surface area contributed by atoms with E-state index in [2.05, 4.69) is 13.8 Å². The van der Waals surface area contributed by atoms with Crippen LogP contribution in [0.5, 0.6) is 0 Å². The standard InChI is InChI=1S/C14H20N2O/c1-3-4-10(2)9-16-13-6-5-12(15)7-11(13)8-14(16)17/h5-7,10H,3-4,8-9,15H2,1-2H3. The van der Waals surface area contributed by atoms with Crippen molar-refractivity contribution in [3.05, 3.63) is 23.8 Å². The molecule has 1 heterocycles. The third-order valence-electron chi connectivity index (χ3n) is 3.31. The van der Waals surface area contributed by atoms with Gasteiger partial charge in [0.1, 0.15) is 0 Å².